The Morgan fingerprint density at radius 1 is 1.32 bits per heavy atom. The summed E-state index contributed by atoms with van der Waals surface area (Å²) in [6, 6.07) is 8.08. The Labute approximate surface area is 122 Å². The SMILES string of the molecule is C=CCC(N)(c1ccc(Cl)cc1)C(C)N(CC)CC. The van der Waals surface area contributed by atoms with Crippen LogP contribution in [0.3, 0.4) is 0 Å². The second-order valence-electron chi connectivity index (χ2n) is 4.94. The second-order valence-corrected chi connectivity index (χ2v) is 5.37. The maximum atomic E-state index is 6.72. The van der Waals surface area contributed by atoms with Gasteiger partial charge in [-0.25, -0.2) is 0 Å². The van der Waals surface area contributed by atoms with Crippen molar-refractivity contribution in [3.63, 3.8) is 0 Å². The lowest BCUT2D eigenvalue weighted by atomic mass is 9.80. The second kappa shape index (κ2) is 7.09. The van der Waals surface area contributed by atoms with Gasteiger partial charge in [0.1, 0.15) is 0 Å². The molecule has 0 radical (unpaired) electrons. The van der Waals surface area contributed by atoms with E-state index in [4.69, 9.17) is 17.3 Å². The molecule has 2 unspecified atom stereocenters. The lowest BCUT2D eigenvalue weighted by Gasteiger charge is -2.41. The minimum absolute atomic E-state index is 0.238. The van der Waals surface area contributed by atoms with Gasteiger partial charge < -0.3 is 5.73 Å². The van der Waals surface area contributed by atoms with Crippen LogP contribution >= 0.6 is 11.6 Å². The molecule has 106 valence electrons. The summed E-state index contributed by atoms with van der Waals surface area (Å²) in [6.07, 6.45) is 2.64. The van der Waals surface area contributed by atoms with E-state index in [0.717, 1.165) is 30.1 Å². The largest absolute Gasteiger partial charge is 0.320 e. The Morgan fingerprint density at radius 3 is 2.26 bits per heavy atom. The molecule has 0 aromatic heterocycles. The van der Waals surface area contributed by atoms with Crippen LogP contribution in [-0.2, 0) is 5.54 Å². The summed E-state index contributed by atoms with van der Waals surface area (Å²) < 4.78 is 0. The third-order valence-corrected chi connectivity index (χ3v) is 4.22. The van der Waals surface area contributed by atoms with Gasteiger partial charge in [-0.3, -0.25) is 4.90 Å². The van der Waals surface area contributed by atoms with Crippen LogP contribution < -0.4 is 5.73 Å². The first-order valence-electron chi connectivity index (χ1n) is 6.89. The van der Waals surface area contributed by atoms with E-state index in [1.807, 2.05) is 30.3 Å². The smallest absolute Gasteiger partial charge is 0.0599 e. The van der Waals surface area contributed by atoms with Crippen molar-refractivity contribution in [1.82, 2.24) is 4.90 Å². The molecule has 0 aliphatic rings. The predicted octanol–water partition coefficient (Wildman–Crippen LogP) is 3.80. The number of benzene rings is 1. The van der Waals surface area contributed by atoms with Gasteiger partial charge in [-0.05, 0) is 44.1 Å². The van der Waals surface area contributed by atoms with E-state index in [0.29, 0.717) is 0 Å². The minimum Gasteiger partial charge on any atom is -0.320 e. The van der Waals surface area contributed by atoms with Crippen molar-refractivity contribution in [2.45, 2.75) is 38.8 Å². The Hall–Kier alpha value is -0.830. The molecule has 1 rings (SSSR count). The highest BCUT2D eigenvalue weighted by Crippen LogP contribution is 2.30. The molecule has 0 aliphatic heterocycles. The number of hydrogen-bond acceptors (Lipinski definition) is 2. The zero-order chi connectivity index (χ0) is 14.5. The monoisotopic (exact) mass is 280 g/mol. The van der Waals surface area contributed by atoms with E-state index in [-0.39, 0.29) is 6.04 Å². The fourth-order valence-electron chi connectivity index (χ4n) is 2.63. The summed E-state index contributed by atoms with van der Waals surface area (Å²) in [5.74, 6) is 0. The molecule has 3 heteroatoms. The van der Waals surface area contributed by atoms with Crippen molar-refractivity contribution in [2.24, 2.45) is 5.73 Å². The van der Waals surface area contributed by atoms with E-state index >= 15 is 0 Å². The third-order valence-electron chi connectivity index (χ3n) is 3.97. The van der Waals surface area contributed by atoms with Crippen LogP contribution in [0.2, 0.25) is 5.02 Å². The fourth-order valence-corrected chi connectivity index (χ4v) is 2.75. The summed E-state index contributed by atoms with van der Waals surface area (Å²) in [5, 5.41) is 0.736. The van der Waals surface area contributed by atoms with E-state index in [2.05, 4.69) is 32.3 Å². The van der Waals surface area contributed by atoms with Crippen molar-refractivity contribution >= 4 is 11.6 Å². The van der Waals surface area contributed by atoms with Crippen molar-refractivity contribution in [1.29, 1.82) is 0 Å². The molecule has 1 aromatic carbocycles. The van der Waals surface area contributed by atoms with Crippen LogP contribution in [0.25, 0.3) is 0 Å². The van der Waals surface area contributed by atoms with E-state index in [9.17, 15) is 0 Å². The van der Waals surface area contributed by atoms with Crippen LogP contribution in [0, 0.1) is 0 Å². The van der Waals surface area contributed by atoms with Crippen molar-refractivity contribution in [3.8, 4) is 0 Å². The predicted molar refractivity (Wildman–Crippen MR) is 84.5 cm³/mol. The standard InChI is InChI=1S/C16H25ClN2/c1-5-12-16(18,13(4)19(6-2)7-3)14-8-10-15(17)11-9-14/h5,8-11,13H,1,6-7,12,18H2,2-4H3. The molecule has 0 saturated heterocycles. The summed E-state index contributed by atoms with van der Waals surface area (Å²) in [4.78, 5) is 2.37. The molecule has 0 aliphatic carbocycles. The topological polar surface area (TPSA) is 29.3 Å². The summed E-state index contributed by atoms with van der Waals surface area (Å²) in [7, 11) is 0. The van der Waals surface area contributed by atoms with Gasteiger partial charge in [-0.15, -0.1) is 6.58 Å². The van der Waals surface area contributed by atoms with Gasteiger partial charge >= 0.3 is 0 Å². The Balaban J connectivity index is 3.14. The van der Waals surface area contributed by atoms with E-state index in [1.165, 1.54) is 0 Å². The van der Waals surface area contributed by atoms with Crippen LogP contribution in [0.15, 0.2) is 36.9 Å². The number of halogens is 1. The molecule has 0 fully saturated rings. The van der Waals surface area contributed by atoms with Crippen LogP contribution in [-0.4, -0.2) is 24.0 Å². The lowest BCUT2D eigenvalue weighted by molar-refractivity contribution is 0.144. The third kappa shape index (κ3) is 3.59. The van der Waals surface area contributed by atoms with E-state index in [1.54, 1.807) is 0 Å². The molecule has 0 bridgehead atoms. The summed E-state index contributed by atoms with van der Waals surface area (Å²) in [5.41, 5.74) is 7.39. The first-order valence-corrected chi connectivity index (χ1v) is 7.27. The number of rotatable bonds is 7. The minimum atomic E-state index is -0.432. The average Bonchev–Trinajstić information content (AvgIpc) is 2.40. The first kappa shape index (κ1) is 16.2. The quantitative estimate of drug-likeness (QED) is 0.770. The molecule has 2 nitrogen and oxygen atoms in total. The highest BCUT2D eigenvalue weighted by molar-refractivity contribution is 6.30. The molecular weight excluding hydrogens is 256 g/mol. The first-order chi connectivity index (χ1) is 8.99. The van der Waals surface area contributed by atoms with Crippen LogP contribution in [0.5, 0.6) is 0 Å². The van der Waals surface area contributed by atoms with Crippen LogP contribution in [0.1, 0.15) is 32.8 Å². The molecule has 0 amide bonds. The molecular formula is C16H25ClN2. The number of nitrogens with two attached hydrogens (primary N) is 1. The molecule has 1 aromatic rings. The van der Waals surface area contributed by atoms with Crippen molar-refractivity contribution in [2.75, 3.05) is 13.1 Å². The molecule has 0 heterocycles. The van der Waals surface area contributed by atoms with Crippen molar-refractivity contribution < 1.29 is 0 Å². The number of nitrogens with zero attached hydrogens (tertiary/aromatic N) is 1. The van der Waals surface area contributed by atoms with Gasteiger partial charge in [-0.1, -0.05) is 43.7 Å². The van der Waals surface area contributed by atoms with Crippen LogP contribution in [0.4, 0.5) is 0 Å². The Kier molecular flexibility index (Phi) is 6.05. The molecule has 2 N–H and O–H groups in total. The van der Waals surface area contributed by atoms with Gasteiger partial charge in [0.05, 0.1) is 5.54 Å². The van der Waals surface area contributed by atoms with Gasteiger partial charge in [0, 0.05) is 11.1 Å². The molecule has 0 spiro atoms. The normalized spacial score (nSPS) is 16.1. The summed E-state index contributed by atoms with van der Waals surface area (Å²) in [6.45, 7) is 12.3. The zero-order valence-corrected chi connectivity index (χ0v) is 13.0. The highest BCUT2D eigenvalue weighted by atomic mass is 35.5. The lowest BCUT2D eigenvalue weighted by Crippen LogP contribution is -2.54. The number of hydrogen-bond donors (Lipinski definition) is 1. The van der Waals surface area contributed by atoms with Gasteiger partial charge in [0.2, 0.25) is 0 Å². The maximum absolute atomic E-state index is 6.72. The molecule has 19 heavy (non-hydrogen) atoms. The van der Waals surface area contributed by atoms with Gasteiger partial charge in [-0.2, -0.15) is 0 Å². The van der Waals surface area contributed by atoms with E-state index < -0.39 is 5.54 Å². The maximum Gasteiger partial charge on any atom is 0.0599 e. The molecule has 0 saturated carbocycles. The summed E-state index contributed by atoms with van der Waals surface area (Å²) >= 11 is 5.96. The van der Waals surface area contributed by atoms with Gasteiger partial charge in [0.15, 0.2) is 0 Å². The highest BCUT2D eigenvalue weighted by Gasteiger charge is 2.35. The zero-order valence-electron chi connectivity index (χ0n) is 12.2. The van der Waals surface area contributed by atoms with Gasteiger partial charge in [0.25, 0.3) is 0 Å². The number of likely N-dealkylation sites (N-methyl/N-ethyl adjacent to an activating group) is 1. The molecule has 2 atom stereocenters. The Morgan fingerprint density at radius 2 is 1.84 bits per heavy atom. The Bertz CT molecular complexity index is 398. The average molecular weight is 281 g/mol. The van der Waals surface area contributed by atoms with Crippen molar-refractivity contribution in [3.05, 3.63) is 47.5 Å². The fraction of sp³-hybridized carbons (Fsp3) is 0.500.